The van der Waals surface area contributed by atoms with Gasteiger partial charge < -0.3 is 5.11 Å². The summed E-state index contributed by atoms with van der Waals surface area (Å²) in [6, 6.07) is 6.47. The molecule has 0 radical (unpaired) electrons. The van der Waals surface area contributed by atoms with Crippen molar-refractivity contribution in [1.29, 1.82) is 0 Å². The van der Waals surface area contributed by atoms with Crippen LogP contribution in [0.4, 0.5) is 5.69 Å². The summed E-state index contributed by atoms with van der Waals surface area (Å²) in [6.45, 7) is 10.4. The molecule has 3 aliphatic heterocycles. The van der Waals surface area contributed by atoms with Crippen LogP contribution in [0.3, 0.4) is 0 Å². The fourth-order valence-electron chi connectivity index (χ4n) is 4.86. The van der Waals surface area contributed by atoms with Crippen LogP contribution in [0.1, 0.15) is 43.7 Å². The third-order valence-electron chi connectivity index (χ3n) is 5.86. The van der Waals surface area contributed by atoms with Gasteiger partial charge in [-0.3, -0.25) is 9.89 Å². The molecule has 0 aromatic heterocycles. The van der Waals surface area contributed by atoms with Crippen LogP contribution in [0, 0.1) is 12.8 Å². The van der Waals surface area contributed by atoms with E-state index >= 15 is 0 Å². The molecule has 0 amide bonds. The molecule has 2 fully saturated rings. The summed E-state index contributed by atoms with van der Waals surface area (Å²) >= 11 is 0. The van der Waals surface area contributed by atoms with E-state index in [2.05, 4.69) is 31.4 Å². The fourth-order valence-corrected chi connectivity index (χ4v) is 4.86. The van der Waals surface area contributed by atoms with Gasteiger partial charge in [0.1, 0.15) is 5.60 Å². The second kappa shape index (κ2) is 5.29. The van der Waals surface area contributed by atoms with Gasteiger partial charge in [-0.15, -0.1) is 6.58 Å². The molecule has 2 saturated heterocycles. The zero-order valence-electron chi connectivity index (χ0n) is 14.2. The Morgan fingerprint density at radius 2 is 2.26 bits per heavy atom. The lowest BCUT2D eigenvalue weighted by Gasteiger charge is -2.47. The van der Waals surface area contributed by atoms with Gasteiger partial charge >= 0.3 is 0 Å². The van der Waals surface area contributed by atoms with Crippen LogP contribution in [0.5, 0.6) is 0 Å². The van der Waals surface area contributed by atoms with Gasteiger partial charge in [-0.25, -0.2) is 0 Å². The Kier molecular flexibility index (Phi) is 3.47. The van der Waals surface area contributed by atoms with E-state index in [1.54, 1.807) is 0 Å². The Morgan fingerprint density at radius 3 is 3.04 bits per heavy atom. The fraction of sp³-hybridized carbons (Fsp3) is 0.550. The van der Waals surface area contributed by atoms with Gasteiger partial charge in [0.15, 0.2) is 0 Å². The Bertz CT molecular complexity index is 693. The molecule has 3 atom stereocenters. The zero-order chi connectivity index (χ0) is 16.2. The van der Waals surface area contributed by atoms with Crippen molar-refractivity contribution < 1.29 is 5.11 Å². The van der Waals surface area contributed by atoms with E-state index in [0.29, 0.717) is 12.0 Å². The van der Waals surface area contributed by atoms with Gasteiger partial charge in [0.05, 0.1) is 17.4 Å². The van der Waals surface area contributed by atoms with Crippen molar-refractivity contribution in [2.24, 2.45) is 10.9 Å². The van der Waals surface area contributed by atoms with Crippen molar-refractivity contribution in [3.8, 4) is 0 Å². The first-order valence-electron chi connectivity index (χ1n) is 8.79. The molecular weight excluding hydrogens is 284 g/mol. The maximum Gasteiger partial charge on any atom is 0.133 e. The topological polar surface area (TPSA) is 35.8 Å². The standard InChI is InChI=1S/C20H26N2O/c1-13(2)11-15-7-9-22-10-8-20(23)18-14(3)5-4-6-16(18)21-19(20)17(22)12-15/h4-6,15,17,23H,1,7-12H2,2-3H3/t15?,17-,20?/m0/s1. The molecular formula is C20H26N2O. The summed E-state index contributed by atoms with van der Waals surface area (Å²) < 4.78 is 0. The van der Waals surface area contributed by atoms with Crippen molar-refractivity contribution in [3.63, 3.8) is 0 Å². The summed E-state index contributed by atoms with van der Waals surface area (Å²) in [5.74, 6) is 0.670. The average Bonchev–Trinajstić information content (AvgIpc) is 2.81. The molecule has 4 rings (SSSR count). The number of nitrogens with zero attached hydrogens (tertiary/aromatic N) is 2. The number of piperidine rings is 2. The van der Waals surface area contributed by atoms with Crippen LogP contribution in [0.2, 0.25) is 0 Å². The van der Waals surface area contributed by atoms with Crippen LogP contribution in [0.25, 0.3) is 0 Å². The highest BCUT2D eigenvalue weighted by Crippen LogP contribution is 2.48. The number of aliphatic hydroxyl groups is 1. The van der Waals surface area contributed by atoms with E-state index < -0.39 is 5.60 Å². The molecule has 0 spiro atoms. The number of fused-ring (bicyclic) bond motifs is 5. The highest BCUT2D eigenvalue weighted by atomic mass is 16.3. The van der Waals surface area contributed by atoms with Crippen LogP contribution >= 0.6 is 0 Å². The molecule has 3 aliphatic rings. The van der Waals surface area contributed by atoms with E-state index in [1.165, 1.54) is 12.0 Å². The highest BCUT2D eigenvalue weighted by molar-refractivity contribution is 6.04. The van der Waals surface area contributed by atoms with Crippen molar-refractivity contribution in [2.75, 3.05) is 13.1 Å². The monoisotopic (exact) mass is 310 g/mol. The van der Waals surface area contributed by atoms with Crippen molar-refractivity contribution in [1.82, 2.24) is 4.90 Å². The molecule has 0 saturated carbocycles. The predicted octanol–water partition coefficient (Wildman–Crippen LogP) is 3.72. The number of aryl methyl sites for hydroxylation is 1. The average molecular weight is 310 g/mol. The first-order chi connectivity index (χ1) is 11.0. The first-order valence-corrected chi connectivity index (χ1v) is 8.79. The summed E-state index contributed by atoms with van der Waals surface area (Å²) in [7, 11) is 0. The van der Waals surface area contributed by atoms with Crippen LogP contribution in [0.15, 0.2) is 35.3 Å². The predicted molar refractivity (Wildman–Crippen MR) is 94.3 cm³/mol. The number of rotatable bonds is 2. The summed E-state index contributed by atoms with van der Waals surface area (Å²) in [5, 5.41) is 11.5. The Balaban J connectivity index is 1.69. The number of hydrogen-bond acceptors (Lipinski definition) is 3. The van der Waals surface area contributed by atoms with E-state index in [0.717, 1.165) is 54.9 Å². The lowest BCUT2D eigenvalue weighted by molar-refractivity contribution is 0.0326. The SMILES string of the molecule is C=C(C)CC1CCN2CCC3(O)C(=Nc4cccc(C)c43)[C@@H]2C1. The van der Waals surface area contributed by atoms with Crippen LogP contribution in [-0.4, -0.2) is 34.8 Å². The van der Waals surface area contributed by atoms with Gasteiger partial charge in [-0.05, 0) is 63.6 Å². The van der Waals surface area contributed by atoms with Gasteiger partial charge in [0.2, 0.25) is 0 Å². The van der Waals surface area contributed by atoms with Crippen molar-refractivity contribution in [2.45, 2.75) is 51.2 Å². The Labute approximate surface area is 138 Å². The quantitative estimate of drug-likeness (QED) is 0.845. The second-order valence-corrected chi connectivity index (χ2v) is 7.68. The smallest absolute Gasteiger partial charge is 0.133 e. The van der Waals surface area contributed by atoms with Gasteiger partial charge in [-0.2, -0.15) is 0 Å². The van der Waals surface area contributed by atoms with Crippen LogP contribution < -0.4 is 0 Å². The minimum absolute atomic E-state index is 0.290. The maximum atomic E-state index is 11.5. The third kappa shape index (κ3) is 2.29. The molecule has 1 aromatic carbocycles. The molecule has 3 heterocycles. The molecule has 0 aliphatic carbocycles. The highest BCUT2D eigenvalue weighted by Gasteiger charge is 2.51. The lowest BCUT2D eigenvalue weighted by atomic mass is 9.74. The summed E-state index contributed by atoms with van der Waals surface area (Å²) in [5.41, 5.74) is 4.61. The summed E-state index contributed by atoms with van der Waals surface area (Å²) in [6.07, 6.45) is 4.20. The van der Waals surface area contributed by atoms with Crippen molar-refractivity contribution in [3.05, 3.63) is 41.5 Å². The largest absolute Gasteiger partial charge is 0.379 e. The Hall–Kier alpha value is -1.45. The molecule has 3 nitrogen and oxygen atoms in total. The van der Waals surface area contributed by atoms with Crippen molar-refractivity contribution >= 4 is 11.4 Å². The molecule has 1 N–H and O–H groups in total. The molecule has 23 heavy (non-hydrogen) atoms. The number of hydrogen-bond donors (Lipinski definition) is 1. The molecule has 2 unspecified atom stereocenters. The number of allylic oxidation sites excluding steroid dienone is 1. The molecule has 3 heteroatoms. The second-order valence-electron chi connectivity index (χ2n) is 7.68. The molecule has 0 bridgehead atoms. The number of benzene rings is 1. The minimum Gasteiger partial charge on any atom is -0.379 e. The minimum atomic E-state index is -0.840. The first kappa shape index (κ1) is 15.1. The lowest BCUT2D eigenvalue weighted by Crippen LogP contribution is -2.58. The van der Waals surface area contributed by atoms with Crippen LogP contribution in [-0.2, 0) is 5.60 Å². The third-order valence-corrected chi connectivity index (χ3v) is 5.86. The summed E-state index contributed by atoms with van der Waals surface area (Å²) in [4.78, 5) is 7.44. The van der Waals surface area contributed by atoms with Gasteiger partial charge in [0, 0.05) is 12.1 Å². The van der Waals surface area contributed by atoms with E-state index in [4.69, 9.17) is 4.99 Å². The van der Waals surface area contributed by atoms with Gasteiger partial charge in [-0.1, -0.05) is 17.7 Å². The Morgan fingerprint density at radius 1 is 1.43 bits per heavy atom. The number of aliphatic imine (C=N–C) groups is 1. The maximum absolute atomic E-state index is 11.5. The van der Waals surface area contributed by atoms with E-state index in [-0.39, 0.29) is 0 Å². The normalized spacial score (nSPS) is 32.7. The van der Waals surface area contributed by atoms with E-state index in [9.17, 15) is 5.11 Å². The van der Waals surface area contributed by atoms with Gasteiger partial charge in [0.25, 0.3) is 0 Å². The molecule has 1 aromatic rings. The molecule has 122 valence electrons. The zero-order valence-corrected chi connectivity index (χ0v) is 14.2. The van der Waals surface area contributed by atoms with E-state index in [1.807, 2.05) is 12.1 Å².